The summed E-state index contributed by atoms with van der Waals surface area (Å²) in [6, 6.07) is 75.8. The lowest BCUT2D eigenvalue weighted by Gasteiger charge is -2.17. The normalized spacial score (nSPS) is 11.1. The van der Waals surface area contributed by atoms with Crippen LogP contribution in [0.2, 0.25) is 0 Å². The molecule has 0 saturated carbocycles. The van der Waals surface area contributed by atoms with Crippen LogP contribution in [0.3, 0.4) is 0 Å². The first kappa shape index (κ1) is 73.7. The molecule has 0 spiro atoms. The van der Waals surface area contributed by atoms with Crippen molar-refractivity contribution in [1.82, 2.24) is 25.8 Å². The zero-order chi connectivity index (χ0) is 71.0. The number of hydrogen-bond acceptors (Lipinski definition) is 15. The summed E-state index contributed by atoms with van der Waals surface area (Å²) >= 11 is 0. The Labute approximate surface area is 575 Å². The van der Waals surface area contributed by atoms with Gasteiger partial charge in [0.25, 0.3) is 0 Å². The van der Waals surface area contributed by atoms with Crippen molar-refractivity contribution < 1.29 is 63.8 Å². The molecule has 0 bridgehead atoms. The summed E-state index contributed by atoms with van der Waals surface area (Å²) in [5.41, 5.74) is 10.2. The van der Waals surface area contributed by atoms with Gasteiger partial charge in [0.05, 0.1) is 35.9 Å². The number of amides is 4. The van der Waals surface area contributed by atoms with Gasteiger partial charge >= 0.3 is 18.2 Å². The molecular formula is C76H74N6O14S3. The lowest BCUT2D eigenvalue weighted by atomic mass is 10.0. The second-order valence-electron chi connectivity index (χ2n) is 22.3. The number of carbonyl (C=O) groups excluding carboxylic acids is 4. The Morgan fingerprint density at radius 2 is 0.717 bits per heavy atom. The van der Waals surface area contributed by atoms with Gasteiger partial charge in [-0.2, -0.15) is 0 Å². The molecule has 20 nitrogen and oxygen atoms in total. The minimum Gasteiger partial charge on any atom is -0.480 e. The molecule has 0 aliphatic carbocycles. The number of sulfone groups is 3. The maximum absolute atomic E-state index is 13.0. The number of carboxylic acids is 1. The second kappa shape index (κ2) is 35.2. The van der Waals surface area contributed by atoms with E-state index >= 15 is 0 Å². The van der Waals surface area contributed by atoms with Crippen LogP contribution in [0.4, 0.5) is 9.59 Å². The predicted octanol–water partition coefficient (Wildman–Crippen LogP) is 11.5. The first-order chi connectivity index (χ1) is 47.6. The van der Waals surface area contributed by atoms with Crippen molar-refractivity contribution in [3.05, 3.63) is 289 Å². The summed E-state index contributed by atoms with van der Waals surface area (Å²) in [5.74, 6) is -1.50. The molecule has 6 N–H and O–H groups in total. The van der Waals surface area contributed by atoms with Crippen molar-refractivity contribution in [1.29, 1.82) is 0 Å². The molecule has 11 rings (SSSR count). The van der Waals surface area contributed by atoms with Crippen LogP contribution in [0, 0.1) is 0 Å². The minimum atomic E-state index is -3.63. The molecule has 99 heavy (non-hydrogen) atoms. The fraction of sp³-hybridized carbons (Fsp3) is 0.145. The highest BCUT2D eigenvalue weighted by molar-refractivity contribution is 7.92. The molecule has 0 atom stereocenters. The van der Waals surface area contributed by atoms with Crippen LogP contribution < -0.4 is 21.7 Å². The Morgan fingerprint density at radius 1 is 0.394 bits per heavy atom. The van der Waals surface area contributed by atoms with Gasteiger partial charge < -0.3 is 46.1 Å². The average Bonchev–Trinajstić information content (AvgIpc) is 0.796. The number of ether oxygens (including phenoxy) is 2. The van der Waals surface area contributed by atoms with Gasteiger partial charge in [0.2, 0.25) is 41.3 Å². The summed E-state index contributed by atoms with van der Waals surface area (Å²) in [4.78, 5) is 61.7. The molecular weight excluding hydrogens is 1320 g/mol. The number of fused-ring (bicyclic) bond motifs is 3. The highest BCUT2D eigenvalue weighted by Crippen LogP contribution is 2.30. The number of benzene rings is 11. The molecule has 510 valence electrons. The van der Waals surface area contributed by atoms with Crippen molar-refractivity contribution in [2.45, 2.75) is 62.2 Å². The van der Waals surface area contributed by atoms with E-state index in [2.05, 4.69) is 16.0 Å². The van der Waals surface area contributed by atoms with Crippen LogP contribution in [0.5, 0.6) is 0 Å². The summed E-state index contributed by atoms with van der Waals surface area (Å²) in [7, 11) is -6.08. The Balaban J connectivity index is 0.000000176. The molecule has 0 heterocycles. The molecule has 0 unspecified atom stereocenters. The Morgan fingerprint density at radius 3 is 1.06 bits per heavy atom. The van der Waals surface area contributed by atoms with E-state index in [0.29, 0.717) is 22.9 Å². The van der Waals surface area contributed by atoms with E-state index in [1.165, 1.54) is 19.0 Å². The molecule has 0 aliphatic rings. The third-order valence-corrected chi connectivity index (χ3v) is 20.5. The van der Waals surface area contributed by atoms with E-state index in [1.54, 1.807) is 147 Å². The maximum atomic E-state index is 13.0. The SMILES string of the molecule is CN(CC(=O)NCc1cccc2cc(S(=O)(=O)c3ccccc3)ccc12)C(=O)OCc1ccccc1.CN(CC(=O)O)C(=O)OCc1ccccc1.CNCC(=O)NCc1cccc2cc(S(=O)(=O)c3ccccc3)ccc12.NCc1cccc2cc(S(=O)(=O)c3ccccc3)ccc12. The smallest absolute Gasteiger partial charge is 0.410 e. The van der Waals surface area contributed by atoms with Crippen molar-refractivity contribution in [2.24, 2.45) is 5.73 Å². The lowest BCUT2D eigenvalue weighted by molar-refractivity contribution is -0.137. The molecule has 0 fully saturated rings. The zero-order valence-electron chi connectivity index (χ0n) is 54.4. The monoisotopic (exact) mass is 1390 g/mol. The molecule has 0 aromatic heterocycles. The van der Waals surface area contributed by atoms with E-state index in [0.717, 1.165) is 65.0 Å². The number of carbonyl (C=O) groups is 5. The van der Waals surface area contributed by atoms with Gasteiger partial charge in [0.15, 0.2) is 0 Å². The first-order valence-electron chi connectivity index (χ1n) is 31.0. The quantitative estimate of drug-likeness (QED) is 0.0447. The number of nitrogens with one attached hydrogen (secondary N) is 3. The summed E-state index contributed by atoms with van der Waals surface area (Å²) < 4.78 is 86.9. The van der Waals surface area contributed by atoms with Crippen LogP contribution >= 0.6 is 0 Å². The maximum Gasteiger partial charge on any atom is 0.410 e. The molecule has 11 aromatic carbocycles. The highest BCUT2D eigenvalue weighted by Gasteiger charge is 2.22. The first-order valence-corrected chi connectivity index (χ1v) is 35.4. The zero-order valence-corrected chi connectivity index (χ0v) is 56.9. The number of nitrogens with zero attached hydrogens (tertiary/aromatic N) is 2. The van der Waals surface area contributed by atoms with Crippen LogP contribution in [-0.2, 0) is 86.2 Å². The van der Waals surface area contributed by atoms with Gasteiger partial charge in [-0.3, -0.25) is 14.4 Å². The number of likely N-dealkylation sites (N-methyl/N-ethyl adjacent to an activating group) is 3. The van der Waals surface area contributed by atoms with Crippen molar-refractivity contribution in [3.63, 3.8) is 0 Å². The minimum absolute atomic E-state index is 0.0900. The van der Waals surface area contributed by atoms with Crippen LogP contribution in [0.15, 0.2) is 290 Å². The van der Waals surface area contributed by atoms with Crippen LogP contribution in [-0.4, -0.2) is 111 Å². The summed E-state index contributed by atoms with van der Waals surface area (Å²) in [6.07, 6.45) is -1.24. The van der Waals surface area contributed by atoms with Gasteiger partial charge in [-0.25, -0.2) is 34.8 Å². The predicted molar refractivity (Wildman–Crippen MR) is 379 cm³/mol. The third kappa shape index (κ3) is 20.5. The second-order valence-corrected chi connectivity index (χ2v) is 28.2. The fourth-order valence-corrected chi connectivity index (χ4v) is 14.0. The number of hydrogen-bond donors (Lipinski definition) is 5. The number of aliphatic carboxylic acids is 1. The Bertz CT molecular complexity index is 4950. The van der Waals surface area contributed by atoms with Gasteiger partial charge in [0.1, 0.15) is 26.3 Å². The molecule has 23 heteroatoms. The number of nitrogens with two attached hydrogens (primary N) is 1. The van der Waals surface area contributed by atoms with Gasteiger partial charge in [0, 0.05) is 33.7 Å². The topological polar surface area (TPSA) is 295 Å². The van der Waals surface area contributed by atoms with E-state index in [4.69, 9.17) is 20.3 Å². The standard InChI is InChI=1S/C28H26N2O5S.C20H20N2O3S.C17H15NO2S.C11H13NO4/c1-30(28(32)35-20-21-9-4-2-5-10-21)19-27(31)29-18-23-12-8-11-22-17-25(15-16-26(22)23)36(33,34)24-13-6-3-7-14-24;1-21-14-20(23)22-13-16-7-5-6-15-12-18(10-11-19(15)16)26(24,25)17-8-3-2-4-9-17;18-12-14-6-4-5-13-11-16(9-10-17(13)14)21(19,20)15-7-2-1-3-8-15;1-12(7-10(13)14)11(15)16-8-9-5-3-2-4-6-9/h2-17H,18-20H2,1H3,(H,29,31);2-12,21H,13-14H2,1H3,(H,22,23);1-11H,12,18H2;2-6H,7-8H2,1H3,(H,13,14). The van der Waals surface area contributed by atoms with Gasteiger partial charge in [-0.15, -0.1) is 0 Å². The van der Waals surface area contributed by atoms with Crippen molar-refractivity contribution in [2.75, 3.05) is 40.8 Å². The van der Waals surface area contributed by atoms with Crippen LogP contribution in [0.25, 0.3) is 32.3 Å². The van der Waals surface area contributed by atoms with E-state index in [-0.39, 0.29) is 70.8 Å². The largest absolute Gasteiger partial charge is 0.480 e. The van der Waals surface area contributed by atoms with Crippen LogP contribution in [0.1, 0.15) is 27.8 Å². The summed E-state index contributed by atoms with van der Waals surface area (Å²) in [5, 5.41) is 22.1. The van der Waals surface area contributed by atoms with E-state index < -0.39 is 47.7 Å². The lowest BCUT2D eigenvalue weighted by Crippen LogP contribution is -2.38. The van der Waals surface area contributed by atoms with Crippen molar-refractivity contribution >= 4 is 91.8 Å². The van der Waals surface area contributed by atoms with Gasteiger partial charge in [-0.1, -0.05) is 188 Å². The third-order valence-electron chi connectivity index (χ3n) is 15.2. The number of rotatable bonds is 21. The molecule has 0 radical (unpaired) electrons. The highest BCUT2D eigenvalue weighted by atomic mass is 32.2. The molecule has 11 aromatic rings. The fourth-order valence-electron chi connectivity index (χ4n) is 10.1. The van der Waals surface area contributed by atoms with E-state index in [9.17, 15) is 49.2 Å². The Hall–Kier alpha value is -11.1. The molecule has 0 aliphatic heterocycles. The van der Waals surface area contributed by atoms with Crippen molar-refractivity contribution in [3.8, 4) is 0 Å². The molecule has 0 saturated heterocycles. The van der Waals surface area contributed by atoms with Gasteiger partial charge in [-0.05, 0) is 140 Å². The molecule has 4 amide bonds. The Kier molecular flexibility index (Phi) is 26.3. The number of carboxylic acid groups (broad SMARTS) is 1. The van der Waals surface area contributed by atoms with E-state index in [1.807, 2.05) is 121 Å². The summed E-state index contributed by atoms with van der Waals surface area (Å²) in [6.45, 7) is 1.06. The average molecular weight is 1390 g/mol.